The quantitative estimate of drug-likeness (QED) is 0.658. The van der Waals surface area contributed by atoms with E-state index in [1.807, 2.05) is 41.0 Å². The molecule has 0 N–H and O–H groups in total. The van der Waals surface area contributed by atoms with Crippen LogP contribution in [0.3, 0.4) is 0 Å². The van der Waals surface area contributed by atoms with Crippen LogP contribution < -0.4 is 0 Å². The largest absolute Gasteiger partial charge is 0.298 e. The predicted molar refractivity (Wildman–Crippen MR) is 71.5 cm³/mol. The molecule has 1 aromatic heterocycles. The Kier molecular flexibility index (Phi) is 2.61. The Balaban J connectivity index is 2.33. The molecule has 0 spiro atoms. The first-order valence-electron chi connectivity index (χ1n) is 5.47. The van der Waals surface area contributed by atoms with Gasteiger partial charge in [-0.05, 0) is 24.3 Å². The summed E-state index contributed by atoms with van der Waals surface area (Å²) in [6, 6.07) is 13.1. The zero-order valence-electron chi connectivity index (χ0n) is 9.38. The van der Waals surface area contributed by atoms with Gasteiger partial charge in [0.2, 0.25) is 0 Å². The third-order valence-electron chi connectivity index (χ3n) is 2.86. The van der Waals surface area contributed by atoms with E-state index in [0.717, 1.165) is 23.0 Å². The fourth-order valence-corrected chi connectivity index (χ4v) is 2.22. The van der Waals surface area contributed by atoms with E-state index >= 15 is 0 Å². The molecule has 0 saturated heterocycles. The average molecular weight is 257 g/mol. The second-order valence-electron chi connectivity index (χ2n) is 3.89. The SMILES string of the molecule is O=Cc1c(Cl)cccc1-n1cnc2ccccc21. The van der Waals surface area contributed by atoms with Gasteiger partial charge in [0.05, 0.1) is 27.3 Å². The van der Waals surface area contributed by atoms with Gasteiger partial charge in [-0.3, -0.25) is 9.36 Å². The molecule has 0 aliphatic carbocycles. The van der Waals surface area contributed by atoms with Crippen molar-refractivity contribution in [2.75, 3.05) is 0 Å². The first-order chi connectivity index (χ1) is 8.81. The maximum Gasteiger partial charge on any atom is 0.153 e. The van der Waals surface area contributed by atoms with Crippen molar-refractivity contribution in [2.45, 2.75) is 0 Å². The van der Waals surface area contributed by atoms with Crippen LogP contribution in [0, 0.1) is 0 Å². The van der Waals surface area contributed by atoms with Crippen molar-refractivity contribution in [2.24, 2.45) is 0 Å². The van der Waals surface area contributed by atoms with Crippen molar-refractivity contribution >= 4 is 28.9 Å². The molecule has 0 aliphatic heterocycles. The van der Waals surface area contributed by atoms with Crippen LogP contribution in [0.2, 0.25) is 5.02 Å². The highest BCUT2D eigenvalue weighted by Crippen LogP contribution is 2.24. The van der Waals surface area contributed by atoms with Crippen molar-refractivity contribution in [1.29, 1.82) is 0 Å². The van der Waals surface area contributed by atoms with Crippen molar-refractivity contribution in [1.82, 2.24) is 9.55 Å². The lowest BCUT2D eigenvalue weighted by molar-refractivity contribution is 0.112. The number of rotatable bonds is 2. The van der Waals surface area contributed by atoms with Gasteiger partial charge in [0.25, 0.3) is 0 Å². The van der Waals surface area contributed by atoms with Crippen LogP contribution in [-0.2, 0) is 0 Å². The van der Waals surface area contributed by atoms with Crippen LogP contribution in [0.5, 0.6) is 0 Å². The van der Waals surface area contributed by atoms with Crippen molar-refractivity contribution in [3.63, 3.8) is 0 Å². The Bertz CT molecular complexity index is 733. The van der Waals surface area contributed by atoms with Gasteiger partial charge in [0.1, 0.15) is 6.33 Å². The number of hydrogen-bond acceptors (Lipinski definition) is 2. The standard InChI is InChI=1S/C14H9ClN2O/c15-11-4-3-7-13(10(11)8-18)17-9-16-12-5-1-2-6-14(12)17/h1-9H. The minimum atomic E-state index is 0.445. The molecule has 18 heavy (non-hydrogen) atoms. The highest BCUT2D eigenvalue weighted by Gasteiger charge is 2.10. The number of imidazole rings is 1. The topological polar surface area (TPSA) is 34.9 Å². The van der Waals surface area contributed by atoms with E-state index in [-0.39, 0.29) is 0 Å². The van der Waals surface area contributed by atoms with Crippen molar-refractivity contribution in [3.05, 3.63) is 59.4 Å². The Hall–Kier alpha value is -2.13. The van der Waals surface area contributed by atoms with Crippen LogP contribution >= 0.6 is 11.6 Å². The van der Waals surface area contributed by atoms with E-state index in [2.05, 4.69) is 4.98 Å². The molecule has 3 nitrogen and oxygen atoms in total. The third kappa shape index (κ3) is 1.60. The Morgan fingerprint density at radius 2 is 1.94 bits per heavy atom. The molecule has 88 valence electrons. The van der Waals surface area contributed by atoms with E-state index in [1.54, 1.807) is 12.4 Å². The minimum absolute atomic E-state index is 0.445. The van der Waals surface area contributed by atoms with Crippen molar-refractivity contribution < 1.29 is 4.79 Å². The molecule has 0 unspecified atom stereocenters. The molecule has 0 saturated carbocycles. The van der Waals surface area contributed by atoms with Gasteiger partial charge in [-0.1, -0.05) is 29.8 Å². The van der Waals surface area contributed by atoms with Gasteiger partial charge in [-0.2, -0.15) is 0 Å². The lowest BCUT2D eigenvalue weighted by Gasteiger charge is -2.08. The molecule has 0 fully saturated rings. The molecule has 0 amide bonds. The summed E-state index contributed by atoms with van der Waals surface area (Å²) in [5.74, 6) is 0. The molecule has 0 aliphatic rings. The molecular weight excluding hydrogens is 248 g/mol. The smallest absolute Gasteiger partial charge is 0.153 e. The predicted octanol–water partition coefficient (Wildman–Crippen LogP) is 3.49. The summed E-state index contributed by atoms with van der Waals surface area (Å²) in [7, 11) is 0. The number of hydrogen-bond donors (Lipinski definition) is 0. The molecule has 4 heteroatoms. The lowest BCUT2D eigenvalue weighted by atomic mass is 10.2. The zero-order chi connectivity index (χ0) is 12.5. The van der Waals surface area contributed by atoms with E-state index < -0.39 is 0 Å². The van der Waals surface area contributed by atoms with Crippen LogP contribution in [0.25, 0.3) is 16.7 Å². The van der Waals surface area contributed by atoms with Gasteiger partial charge >= 0.3 is 0 Å². The van der Waals surface area contributed by atoms with Crippen LogP contribution in [0.15, 0.2) is 48.8 Å². The van der Waals surface area contributed by atoms with Gasteiger partial charge in [0.15, 0.2) is 6.29 Å². The van der Waals surface area contributed by atoms with Gasteiger partial charge in [-0.25, -0.2) is 4.98 Å². The molecule has 2 aromatic carbocycles. The monoisotopic (exact) mass is 256 g/mol. The first kappa shape index (κ1) is 11.0. The lowest BCUT2D eigenvalue weighted by Crippen LogP contribution is -1.98. The first-order valence-corrected chi connectivity index (χ1v) is 5.85. The Labute approximate surface area is 109 Å². The summed E-state index contributed by atoms with van der Waals surface area (Å²) in [5, 5.41) is 0.445. The van der Waals surface area contributed by atoms with E-state index in [0.29, 0.717) is 10.6 Å². The minimum Gasteiger partial charge on any atom is -0.298 e. The van der Waals surface area contributed by atoms with E-state index in [9.17, 15) is 4.79 Å². The highest BCUT2D eigenvalue weighted by molar-refractivity contribution is 6.33. The summed E-state index contributed by atoms with van der Waals surface area (Å²) in [6.45, 7) is 0. The van der Waals surface area contributed by atoms with Crippen LogP contribution in [-0.4, -0.2) is 15.8 Å². The number of nitrogens with zero attached hydrogens (tertiary/aromatic N) is 2. The number of carbonyl (C=O) groups is 1. The Morgan fingerprint density at radius 1 is 1.11 bits per heavy atom. The Morgan fingerprint density at radius 3 is 2.78 bits per heavy atom. The third-order valence-corrected chi connectivity index (χ3v) is 3.19. The number of aldehydes is 1. The van der Waals surface area contributed by atoms with Gasteiger partial charge in [-0.15, -0.1) is 0 Å². The number of aromatic nitrogens is 2. The zero-order valence-corrected chi connectivity index (χ0v) is 10.1. The molecule has 0 radical (unpaired) electrons. The highest BCUT2D eigenvalue weighted by atomic mass is 35.5. The van der Waals surface area contributed by atoms with E-state index in [1.165, 1.54) is 0 Å². The maximum absolute atomic E-state index is 11.2. The number of halogens is 1. The molecule has 3 rings (SSSR count). The summed E-state index contributed by atoms with van der Waals surface area (Å²) in [5.41, 5.74) is 3.05. The summed E-state index contributed by atoms with van der Waals surface area (Å²) in [4.78, 5) is 15.5. The number of fused-ring (bicyclic) bond motifs is 1. The normalized spacial score (nSPS) is 10.7. The van der Waals surface area contributed by atoms with Gasteiger partial charge in [0, 0.05) is 0 Å². The van der Waals surface area contributed by atoms with E-state index in [4.69, 9.17) is 11.6 Å². The fourth-order valence-electron chi connectivity index (χ4n) is 2.00. The summed E-state index contributed by atoms with van der Waals surface area (Å²) in [6.07, 6.45) is 2.47. The molecule has 1 heterocycles. The molecule has 3 aromatic rings. The second kappa shape index (κ2) is 4.27. The molecule has 0 bridgehead atoms. The molecular formula is C14H9ClN2O. The summed E-state index contributed by atoms with van der Waals surface area (Å²) < 4.78 is 1.87. The average Bonchev–Trinajstić information content (AvgIpc) is 2.82. The van der Waals surface area contributed by atoms with Gasteiger partial charge < -0.3 is 0 Å². The van der Waals surface area contributed by atoms with Crippen LogP contribution in [0.1, 0.15) is 10.4 Å². The number of carbonyl (C=O) groups excluding carboxylic acids is 1. The summed E-state index contributed by atoms with van der Waals surface area (Å²) >= 11 is 6.03. The number of benzene rings is 2. The molecule has 0 atom stereocenters. The fraction of sp³-hybridized carbons (Fsp3) is 0. The van der Waals surface area contributed by atoms with Crippen molar-refractivity contribution in [3.8, 4) is 5.69 Å². The number of para-hydroxylation sites is 2. The maximum atomic E-state index is 11.2. The van der Waals surface area contributed by atoms with Crippen LogP contribution in [0.4, 0.5) is 0 Å². The second-order valence-corrected chi connectivity index (χ2v) is 4.30.